The van der Waals surface area contributed by atoms with Crippen molar-refractivity contribution in [2.24, 2.45) is 10.9 Å². The predicted octanol–water partition coefficient (Wildman–Crippen LogP) is 2.19. The summed E-state index contributed by atoms with van der Waals surface area (Å²) in [5.74, 6) is 0.729. The standard InChI is InChI=1S/C13H25N3S/c1-11(2)12-10-15-13(17-12)14-6-5-9-16-7-3-4-8-16/h11-12H,3-10H2,1-2H3,(H,14,15). The first-order valence-electron chi connectivity index (χ1n) is 6.93. The van der Waals surface area contributed by atoms with E-state index < -0.39 is 0 Å². The lowest BCUT2D eigenvalue weighted by Gasteiger charge is -2.15. The molecule has 1 fully saturated rings. The molecule has 0 bridgehead atoms. The molecule has 98 valence electrons. The summed E-state index contributed by atoms with van der Waals surface area (Å²) in [4.78, 5) is 7.13. The zero-order chi connectivity index (χ0) is 12.1. The summed E-state index contributed by atoms with van der Waals surface area (Å²) in [5.41, 5.74) is 0. The lowest BCUT2D eigenvalue weighted by molar-refractivity contribution is 0.334. The third kappa shape index (κ3) is 4.18. The van der Waals surface area contributed by atoms with E-state index in [4.69, 9.17) is 0 Å². The van der Waals surface area contributed by atoms with Gasteiger partial charge in [-0.15, -0.1) is 0 Å². The summed E-state index contributed by atoms with van der Waals surface area (Å²) < 4.78 is 0. The van der Waals surface area contributed by atoms with Crippen molar-refractivity contribution in [3.05, 3.63) is 0 Å². The number of nitrogens with one attached hydrogen (secondary N) is 1. The minimum atomic E-state index is 0.691. The van der Waals surface area contributed by atoms with Crippen LogP contribution in [0.1, 0.15) is 33.1 Å². The van der Waals surface area contributed by atoms with E-state index >= 15 is 0 Å². The molecule has 0 aromatic rings. The quantitative estimate of drug-likeness (QED) is 0.763. The summed E-state index contributed by atoms with van der Waals surface area (Å²) in [6, 6.07) is 0. The zero-order valence-electron chi connectivity index (χ0n) is 11.1. The molecule has 17 heavy (non-hydrogen) atoms. The Hall–Kier alpha value is -0.220. The first kappa shape index (κ1) is 13.2. The van der Waals surface area contributed by atoms with Gasteiger partial charge >= 0.3 is 0 Å². The van der Waals surface area contributed by atoms with Crippen LogP contribution in [-0.2, 0) is 0 Å². The Kier molecular flexibility index (Phi) is 5.16. The van der Waals surface area contributed by atoms with Gasteiger partial charge < -0.3 is 10.2 Å². The fourth-order valence-electron chi connectivity index (χ4n) is 2.34. The molecular formula is C13H25N3S. The van der Waals surface area contributed by atoms with Crippen molar-refractivity contribution in [3.63, 3.8) is 0 Å². The number of rotatable bonds is 5. The highest BCUT2D eigenvalue weighted by atomic mass is 32.2. The number of hydrogen-bond acceptors (Lipinski definition) is 4. The van der Waals surface area contributed by atoms with Crippen molar-refractivity contribution in [1.82, 2.24) is 10.2 Å². The number of nitrogens with zero attached hydrogens (tertiary/aromatic N) is 2. The Morgan fingerprint density at radius 2 is 2.18 bits per heavy atom. The Morgan fingerprint density at radius 1 is 1.41 bits per heavy atom. The average Bonchev–Trinajstić information content (AvgIpc) is 2.96. The van der Waals surface area contributed by atoms with Gasteiger partial charge in [0.15, 0.2) is 5.17 Å². The van der Waals surface area contributed by atoms with Gasteiger partial charge in [0, 0.05) is 11.8 Å². The van der Waals surface area contributed by atoms with Gasteiger partial charge in [0.2, 0.25) is 0 Å². The summed E-state index contributed by atoms with van der Waals surface area (Å²) in [6.07, 6.45) is 4.03. The molecule has 2 aliphatic rings. The maximum absolute atomic E-state index is 4.56. The minimum Gasteiger partial charge on any atom is -0.365 e. The molecule has 0 radical (unpaired) electrons. The lowest BCUT2D eigenvalue weighted by atomic mass is 10.1. The predicted molar refractivity (Wildman–Crippen MR) is 76.8 cm³/mol. The van der Waals surface area contributed by atoms with E-state index in [2.05, 4.69) is 29.1 Å². The number of hydrogen-bond donors (Lipinski definition) is 1. The van der Waals surface area contributed by atoms with Crippen LogP contribution >= 0.6 is 11.8 Å². The molecule has 0 aliphatic carbocycles. The number of thioether (sulfide) groups is 1. The lowest BCUT2D eigenvalue weighted by Crippen LogP contribution is -2.27. The van der Waals surface area contributed by atoms with Crippen molar-refractivity contribution in [2.45, 2.75) is 38.4 Å². The molecule has 2 heterocycles. The summed E-state index contributed by atoms with van der Waals surface area (Å²) in [7, 11) is 0. The molecule has 0 amide bonds. The Morgan fingerprint density at radius 3 is 2.82 bits per heavy atom. The molecule has 0 saturated carbocycles. The van der Waals surface area contributed by atoms with Crippen LogP contribution in [-0.4, -0.2) is 48.0 Å². The normalized spacial score (nSPS) is 25.6. The summed E-state index contributed by atoms with van der Waals surface area (Å²) in [6.45, 7) is 10.5. The van der Waals surface area contributed by atoms with Gasteiger partial charge in [0.25, 0.3) is 0 Å². The van der Waals surface area contributed by atoms with Gasteiger partial charge in [0.1, 0.15) is 0 Å². The maximum atomic E-state index is 4.56. The smallest absolute Gasteiger partial charge is 0.156 e. The van der Waals surface area contributed by atoms with Gasteiger partial charge in [-0.25, -0.2) is 0 Å². The van der Waals surface area contributed by atoms with E-state index in [1.165, 1.54) is 44.1 Å². The zero-order valence-corrected chi connectivity index (χ0v) is 11.9. The van der Waals surface area contributed by atoms with E-state index in [9.17, 15) is 0 Å². The molecule has 1 N–H and O–H groups in total. The maximum Gasteiger partial charge on any atom is 0.156 e. The second-order valence-corrected chi connectivity index (χ2v) is 6.60. The second-order valence-electron chi connectivity index (χ2n) is 5.38. The molecular weight excluding hydrogens is 230 g/mol. The van der Waals surface area contributed by atoms with Crippen LogP contribution in [0.3, 0.4) is 0 Å². The van der Waals surface area contributed by atoms with E-state index in [1.807, 2.05) is 11.8 Å². The summed E-state index contributed by atoms with van der Waals surface area (Å²) >= 11 is 1.93. The molecule has 0 aromatic carbocycles. The molecule has 4 heteroatoms. The topological polar surface area (TPSA) is 27.6 Å². The SMILES string of the molecule is CC(C)C1CN=C(NCCCN2CCCC2)S1. The fourth-order valence-corrected chi connectivity index (χ4v) is 3.38. The van der Waals surface area contributed by atoms with Crippen LogP contribution in [0.5, 0.6) is 0 Å². The summed E-state index contributed by atoms with van der Waals surface area (Å²) in [5, 5.41) is 5.34. The highest BCUT2D eigenvalue weighted by Gasteiger charge is 2.22. The average molecular weight is 255 g/mol. The van der Waals surface area contributed by atoms with Crippen molar-refractivity contribution in [1.29, 1.82) is 0 Å². The molecule has 0 spiro atoms. The fraction of sp³-hybridized carbons (Fsp3) is 0.923. The second kappa shape index (κ2) is 6.64. The minimum absolute atomic E-state index is 0.691. The monoisotopic (exact) mass is 255 g/mol. The van der Waals surface area contributed by atoms with Gasteiger partial charge in [0.05, 0.1) is 6.54 Å². The van der Waals surface area contributed by atoms with Crippen molar-refractivity contribution >= 4 is 16.9 Å². The highest BCUT2D eigenvalue weighted by Crippen LogP contribution is 2.25. The number of aliphatic imine (C=N–C) groups is 1. The van der Waals surface area contributed by atoms with E-state index in [1.54, 1.807) is 0 Å². The van der Waals surface area contributed by atoms with Crippen LogP contribution < -0.4 is 5.32 Å². The van der Waals surface area contributed by atoms with Crippen LogP contribution in [0, 0.1) is 5.92 Å². The third-order valence-corrected chi connectivity index (χ3v) is 5.04. The molecule has 1 saturated heterocycles. The van der Waals surface area contributed by atoms with E-state index in [-0.39, 0.29) is 0 Å². The van der Waals surface area contributed by atoms with Crippen LogP contribution in [0.2, 0.25) is 0 Å². The Balaban J connectivity index is 1.54. The van der Waals surface area contributed by atoms with Crippen molar-refractivity contribution < 1.29 is 0 Å². The van der Waals surface area contributed by atoms with Crippen molar-refractivity contribution in [3.8, 4) is 0 Å². The third-order valence-electron chi connectivity index (χ3n) is 3.55. The first-order chi connectivity index (χ1) is 8.25. The molecule has 1 unspecified atom stereocenters. The van der Waals surface area contributed by atoms with E-state index in [0.717, 1.165) is 19.0 Å². The van der Waals surface area contributed by atoms with Gasteiger partial charge in [-0.1, -0.05) is 25.6 Å². The molecule has 2 aliphatic heterocycles. The van der Waals surface area contributed by atoms with Gasteiger partial charge in [-0.05, 0) is 44.8 Å². The van der Waals surface area contributed by atoms with Crippen LogP contribution in [0.15, 0.2) is 4.99 Å². The molecule has 0 aromatic heterocycles. The number of likely N-dealkylation sites (tertiary alicyclic amines) is 1. The molecule has 1 atom stereocenters. The van der Waals surface area contributed by atoms with Crippen LogP contribution in [0.25, 0.3) is 0 Å². The van der Waals surface area contributed by atoms with Crippen molar-refractivity contribution in [2.75, 3.05) is 32.7 Å². The first-order valence-corrected chi connectivity index (χ1v) is 7.81. The van der Waals surface area contributed by atoms with Gasteiger partial charge in [-0.2, -0.15) is 0 Å². The van der Waals surface area contributed by atoms with E-state index in [0.29, 0.717) is 5.25 Å². The molecule has 2 rings (SSSR count). The van der Waals surface area contributed by atoms with Crippen LogP contribution in [0.4, 0.5) is 0 Å². The Bertz CT molecular complexity index is 259. The largest absolute Gasteiger partial charge is 0.365 e. The highest BCUT2D eigenvalue weighted by molar-refractivity contribution is 8.14. The number of amidine groups is 1. The Labute approximate surface area is 109 Å². The molecule has 3 nitrogen and oxygen atoms in total. The van der Waals surface area contributed by atoms with Gasteiger partial charge in [-0.3, -0.25) is 4.99 Å².